The molecule has 0 aliphatic heterocycles. The van der Waals surface area contributed by atoms with Gasteiger partial charge >= 0.3 is 12.0 Å². The first-order valence-corrected chi connectivity index (χ1v) is 12.0. The zero-order valence-electron chi connectivity index (χ0n) is 21.3. The van der Waals surface area contributed by atoms with Crippen LogP contribution < -0.4 is 9.47 Å². The molecule has 1 unspecified atom stereocenters. The second-order valence-electron chi connectivity index (χ2n) is 8.86. The molecule has 0 amide bonds. The van der Waals surface area contributed by atoms with Crippen molar-refractivity contribution in [2.75, 3.05) is 14.2 Å². The molecular formula is C30H30N2O5. The summed E-state index contributed by atoms with van der Waals surface area (Å²) in [7, 11) is 2.95. The van der Waals surface area contributed by atoms with Gasteiger partial charge in [0.05, 0.1) is 12.8 Å². The largest absolute Gasteiger partial charge is 0.481 e. The number of methoxy groups -OCH3 is 2. The predicted molar refractivity (Wildman–Crippen MR) is 141 cm³/mol. The van der Waals surface area contributed by atoms with E-state index in [1.807, 2.05) is 84.9 Å². The zero-order valence-corrected chi connectivity index (χ0v) is 21.3. The van der Waals surface area contributed by atoms with E-state index in [-0.39, 0.29) is 11.9 Å². The first kappa shape index (κ1) is 25.9. The molecule has 0 fully saturated rings. The minimum atomic E-state index is -1.52. The van der Waals surface area contributed by atoms with Gasteiger partial charge in [-0.15, -0.1) is 0 Å². The number of hydrogen-bond donors (Lipinski definition) is 1. The molecular weight excluding hydrogens is 468 g/mol. The van der Waals surface area contributed by atoms with Crippen molar-refractivity contribution in [3.8, 4) is 23.1 Å². The molecule has 7 nitrogen and oxygen atoms in total. The van der Waals surface area contributed by atoms with Crippen LogP contribution >= 0.6 is 0 Å². The summed E-state index contributed by atoms with van der Waals surface area (Å²) in [5.74, 6) is -0.592. The average Bonchev–Trinajstić information content (AvgIpc) is 2.94. The van der Waals surface area contributed by atoms with Gasteiger partial charge < -0.3 is 19.3 Å². The molecule has 4 aromatic rings. The number of ether oxygens (including phenoxy) is 3. The fourth-order valence-electron chi connectivity index (χ4n) is 4.34. The van der Waals surface area contributed by atoms with Crippen LogP contribution in [0.15, 0.2) is 91.0 Å². The molecule has 3 aromatic carbocycles. The maximum Gasteiger partial charge on any atom is 0.348 e. The molecule has 0 aliphatic carbocycles. The monoisotopic (exact) mass is 498 g/mol. The zero-order chi connectivity index (χ0) is 26.4. The van der Waals surface area contributed by atoms with Crippen molar-refractivity contribution in [2.45, 2.75) is 31.5 Å². The number of aromatic nitrogens is 2. The topological polar surface area (TPSA) is 90.8 Å². The molecule has 4 rings (SSSR count). The van der Waals surface area contributed by atoms with Gasteiger partial charge in [-0.2, -0.15) is 9.97 Å². The highest BCUT2D eigenvalue weighted by molar-refractivity contribution is 5.76. The number of rotatable bonds is 10. The molecule has 7 heteroatoms. The summed E-state index contributed by atoms with van der Waals surface area (Å²) in [5.41, 5.74) is 2.31. The molecule has 190 valence electrons. The Bertz CT molecular complexity index is 1290. The highest BCUT2D eigenvalue weighted by atomic mass is 16.6. The second-order valence-corrected chi connectivity index (χ2v) is 8.86. The third kappa shape index (κ3) is 5.32. The molecule has 1 atom stereocenters. The average molecular weight is 499 g/mol. The molecule has 0 bridgehead atoms. The van der Waals surface area contributed by atoms with Gasteiger partial charge in [-0.3, -0.25) is 0 Å². The molecule has 1 aromatic heterocycles. The van der Waals surface area contributed by atoms with Crippen molar-refractivity contribution < 1.29 is 24.1 Å². The van der Waals surface area contributed by atoms with Gasteiger partial charge in [0.2, 0.25) is 12.0 Å². The SMILES string of the molecule is COc1cc(-c2ccc(C(C)C)cc2)nc(OC(C(=O)O)C(OC)(c2ccccc2)c2ccccc2)n1. The van der Waals surface area contributed by atoms with Gasteiger partial charge in [0.15, 0.2) is 5.60 Å². The highest BCUT2D eigenvalue weighted by Gasteiger charge is 2.49. The number of hydrogen-bond acceptors (Lipinski definition) is 6. The van der Waals surface area contributed by atoms with Crippen LogP contribution in [-0.4, -0.2) is 41.4 Å². The van der Waals surface area contributed by atoms with Gasteiger partial charge in [0.1, 0.15) is 0 Å². The van der Waals surface area contributed by atoms with Gasteiger partial charge in [0, 0.05) is 18.7 Å². The summed E-state index contributed by atoms with van der Waals surface area (Å²) in [6.07, 6.45) is -1.52. The lowest BCUT2D eigenvalue weighted by Gasteiger charge is -2.37. The van der Waals surface area contributed by atoms with Gasteiger partial charge in [-0.25, -0.2) is 4.79 Å². The number of carboxylic acid groups (broad SMARTS) is 1. The van der Waals surface area contributed by atoms with Crippen molar-refractivity contribution in [1.82, 2.24) is 9.97 Å². The standard InChI is InChI=1S/C30H30N2O5/c1-20(2)21-15-17-22(18-16-21)25-19-26(35-3)32-29(31-25)37-27(28(33)34)30(36-4,23-11-7-5-8-12-23)24-13-9-6-10-14-24/h5-20,27H,1-4H3,(H,33,34). The second kappa shape index (κ2) is 11.2. The Kier molecular flexibility index (Phi) is 7.84. The highest BCUT2D eigenvalue weighted by Crippen LogP contribution is 2.39. The van der Waals surface area contributed by atoms with E-state index in [4.69, 9.17) is 14.2 Å². The number of carboxylic acids is 1. The van der Waals surface area contributed by atoms with E-state index in [1.165, 1.54) is 19.8 Å². The van der Waals surface area contributed by atoms with Crippen LogP contribution in [0.2, 0.25) is 0 Å². The maximum absolute atomic E-state index is 12.8. The molecule has 0 spiro atoms. The van der Waals surface area contributed by atoms with Crippen LogP contribution in [0, 0.1) is 0 Å². The minimum absolute atomic E-state index is 0.136. The molecule has 0 radical (unpaired) electrons. The van der Waals surface area contributed by atoms with Crippen LogP contribution in [0.1, 0.15) is 36.5 Å². The fraction of sp³-hybridized carbons (Fsp3) is 0.233. The Hall–Kier alpha value is -4.23. The summed E-state index contributed by atoms with van der Waals surface area (Å²) in [6.45, 7) is 4.25. The predicted octanol–water partition coefficient (Wildman–Crippen LogP) is 5.70. The summed E-state index contributed by atoms with van der Waals surface area (Å²) in [5, 5.41) is 10.4. The molecule has 1 heterocycles. The smallest absolute Gasteiger partial charge is 0.348 e. The molecule has 1 N–H and O–H groups in total. The van der Waals surface area contributed by atoms with Crippen LogP contribution in [0.25, 0.3) is 11.3 Å². The van der Waals surface area contributed by atoms with Crippen molar-refractivity contribution in [3.05, 3.63) is 108 Å². The van der Waals surface area contributed by atoms with Crippen molar-refractivity contribution in [1.29, 1.82) is 0 Å². The van der Waals surface area contributed by atoms with E-state index in [2.05, 4.69) is 23.8 Å². The Balaban J connectivity index is 1.82. The number of aliphatic carboxylic acids is 1. The first-order chi connectivity index (χ1) is 17.9. The molecule has 37 heavy (non-hydrogen) atoms. The van der Waals surface area contributed by atoms with E-state index in [1.54, 1.807) is 6.07 Å². The van der Waals surface area contributed by atoms with Gasteiger partial charge in [0.25, 0.3) is 0 Å². The molecule has 0 saturated heterocycles. The van der Waals surface area contributed by atoms with Crippen LogP contribution in [0.3, 0.4) is 0 Å². The Morgan fingerprint density at radius 3 is 1.86 bits per heavy atom. The Labute approximate surface area is 216 Å². The number of nitrogens with zero attached hydrogens (tertiary/aromatic N) is 2. The van der Waals surface area contributed by atoms with Gasteiger partial charge in [-0.05, 0) is 22.6 Å². The van der Waals surface area contributed by atoms with Crippen molar-refractivity contribution in [3.63, 3.8) is 0 Å². The normalized spacial score (nSPS) is 12.2. The summed E-state index contributed by atoms with van der Waals surface area (Å²) < 4.78 is 17.5. The van der Waals surface area contributed by atoms with Crippen molar-refractivity contribution in [2.24, 2.45) is 0 Å². The number of benzene rings is 3. The van der Waals surface area contributed by atoms with E-state index in [0.717, 1.165) is 5.56 Å². The summed E-state index contributed by atoms with van der Waals surface area (Å²) >= 11 is 0. The summed E-state index contributed by atoms with van der Waals surface area (Å²) in [4.78, 5) is 21.6. The van der Waals surface area contributed by atoms with E-state index >= 15 is 0 Å². The van der Waals surface area contributed by atoms with Crippen molar-refractivity contribution >= 4 is 5.97 Å². The quantitative estimate of drug-likeness (QED) is 0.300. The lowest BCUT2D eigenvalue weighted by atomic mass is 9.81. The maximum atomic E-state index is 12.8. The van der Waals surface area contributed by atoms with Crippen LogP contribution in [0.4, 0.5) is 0 Å². The van der Waals surface area contributed by atoms with Gasteiger partial charge in [-0.1, -0.05) is 98.8 Å². The molecule has 0 saturated carbocycles. The van der Waals surface area contributed by atoms with Crippen LogP contribution in [0.5, 0.6) is 11.9 Å². The summed E-state index contributed by atoms with van der Waals surface area (Å²) in [6, 6.07) is 27.8. The first-order valence-electron chi connectivity index (χ1n) is 12.0. The molecule has 0 aliphatic rings. The van der Waals surface area contributed by atoms with E-state index in [0.29, 0.717) is 22.7 Å². The minimum Gasteiger partial charge on any atom is -0.481 e. The van der Waals surface area contributed by atoms with E-state index in [9.17, 15) is 9.90 Å². The third-order valence-corrected chi connectivity index (χ3v) is 6.31. The lowest BCUT2D eigenvalue weighted by Crippen LogP contribution is -2.50. The number of carbonyl (C=O) groups is 1. The Morgan fingerprint density at radius 1 is 0.838 bits per heavy atom. The van der Waals surface area contributed by atoms with E-state index < -0.39 is 17.7 Å². The Morgan fingerprint density at radius 2 is 1.41 bits per heavy atom. The fourth-order valence-corrected chi connectivity index (χ4v) is 4.34. The van der Waals surface area contributed by atoms with Crippen LogP contribution in [-0.2, 0) is 15.1 Å². The third-order valence-electron chi connectivity index (χ3n) is 6.31. The lowest BCUT2D eigenvalue weighted by molar-refractivity contribution is -0.160.